The second-order valence-corrected chi connectivity index (χ2v) is 16.1. The summed E-state index contributed by atoms with van der Waals surface area (Å²) in [5.41, 5.74) is 0. The minimum absolute atomic E-state index is 0. The predicted molar refractivity (Wildman–Crippen MR) is 217 cm³/mol. The number of hydrogen-bond acceptors (Lipinski definition) is 3. The second kappa shape index (κ2) is 45.6. The van der Waals surface area contributed by atoms with Gasteiger partial charge in [-0.2, -0.15) is 0 Å². The summed E-state index contributed by atoms with van der Waals surface area (Å²) in [7, 11) is 0. The third kappa shape index (κ3) is 41.2. The zero-order chi connectivity index (χ0) is 35.7. The van der Waals surface area contributed by atoms with Crippen molar-refractivity contribution in [1.82, 2.24) is 4.90 Å². The first-order valence-corrected chi connectivity index (χ1v) is 23.1. The molecule has 0 radical (unpaired) electrons. The van der Waals surface area contributed by atoms with Gasteiger partial charge < -0.3 is 14.8 Å². The molecule has 0 aromatic carbocycles. The van der Waals surface area contributed by atoms with Crippen LogP contribution in [0.4, 0.5) is 0 Å². The molecule has 0 aromatic rings. The van der Waals surface area contributed by atoms with Gasteiger partial charge in [-0.3, -0.25) is 0 Å². The molecule has 294 valence electrons. The quantitative estimate of drug-likeness (QED) is 0.0467. The number of aliphatic carboxylic acids is 1. The summed E-state index contributed by atoms with van der Waals surface area (Å²) < 4.78 is 0. The molecule has 0 bridgehead atoms. The Balaban J connectivity index is 0. The molecule has 0 N–H and O–H groups in total. The van der Waals surface area contributed by atoms with Crippen molar-refractivity contribution in [3.63, 3.8) is 0 Å². The Morgan fingerprint density at radius 1 is 0.380 bits per heavy atom. The van der Waals surface area contributed by atoms with E-state index in [1.807, 2.05) is 0 Å². The number of hydrogen-bond donors (Lipinski definition) is 0. The first-order valence-electron chi connectivity index (χ1n) is 23.1. The van der Waals surface area contributed by atoms with Crippen LogP contribution in [0.15, 0.2) is 0 Å². The van der Waals surface area contributed by atoms with E-state index in [4.69, 9.17) is 0 Å². The number of unbranched alkanes of at least 4 members (excludes halogenated alkanes) is 34. The minimum Gasteiger partial charge on any atom is -0.550 e. The van der Waals surface area contributed by atoms with Crippen molar-refractivity contribution in [2.24, 2.45) is 0 Å². The Morgan fingerprint density at radius 3 is 0.800 bits per heavy atom. The van der Waals surface area contributed by atoms with Crippen LogP contribution >= 0.6 is 0 Å². The summed E-state index contributed by atoms with van der Waals surface area (Å²) in [5, 5.41) is 11.5. The van der Waals surface area contributed by atoms with Crippen molar-refractivity contribution in [3.8, 4) is 0 Å². The molecule has 3 nitrogen and oxygen atoms in total. The van der Waals surface area contributed by atoms with Gasteiger partial charge in [0.15, 0.2) is 0 Å². The molecule has 0 rings (SSSR count). The molecule has 50 heavy (non-hydrogen) atoms. The van der Waals surface area contributed by atoms with Crippen LogP contribution in [0, 0.1) is 0 Å². The average molecular weight is 714 g/mol. The van der Waals surface area contributed by atoms with Gasteiger partial charge in [0.05, 0.1) is 0 Å². The maximum absolute atomic E-state index is 11.5. The molecular weight excluding hydrogens is 622 g/mol. The fourth-order valence-corrected chi connectivity index (χ4v) is 7.85. The first kappa shape index (κ1) is 52.5. The van der Waals surface area contributed by atoms with Crippen molar-refractivity contribution in [2.75, 3.05) is 13.1 Å². The van der Waals surface area contributed by atoms with Crippen molar-refractivity contribution < 1.29 is 39.5 Å². The fourth-order valence-electron chi connectivity index (χ4n) is 7.85. The van der Waals surface area contributed by atoms with Crippen LogP contribution in [0.25, 0.3) is 0 Å². The van der Waals surface area contributed by atoms with E-state index >= 15 is 0 Å². The molecule has 0 aliphatic rings. The molecule has 4 heteroatoms. The summed E-state index contributed by atoms with van der Waals surface area (Å²) in [5.74, 6) is -0.876. The molecule has 0 saturated carbocycles. The van der Waals surface area contributed by atoms with Gasteiger partial charge in [0, 0.05) is 18.4 Å². The van der Waals surface area contributed by atoms with Gasteiger partial charge in [-0.05, 0) is 32.4 Å². The van der Waals surface area contributed by atoms with E-state index in [0.717, 1.165) is 25.9 Å². The molecule has 0 fully saturated rings. The molecule has 0 amide bonds. The van der Waals surface area contributed by atoms with E-state index in [9.17, 15) is 9.90 Å². The third-order valence-corrected chi connectivity index (χ3v) is 11.1. The molecule has 0 aliphatic carbocycles. The van der Waals surface area contributed by atoms with E-state index in [1.54, 1.807) is 0 Å². The zero-order valence-corrected chi connectivity index (χ0v) is 37.3. The maximum Gasteiger partial charge on any atom is 1.00 e. The van der Waals surface area contributed by atoms with Crippen LogP contribution in [0.2, 0.25) is 0 Å². The monoisotopic (exact) mass is 714 g/mol. The largest absolute Gasteiger partial charge is 1.00 e. The molecular formula is C46H92NNaO2. The summed E-state index contributed by atoms with van der Waals surface area (Å²) in [4.78, 5) is 14.1. The van der Waals surface area contributed by atoms with Crippen LogP contribution in [0.1, 0.15) is 271 Å². The van der Waals surface area contributed by atoms with Crippen LogP contribution < -0.4 is 34.7 Å². The molecule has 0 aliphatic heterocycles. The van der Waals surface area contributed by atoms with Crippen LogP contribution in [0.5, 0.6) is 0 Å². The molecule has 0 saturated heterocycles. The first-order chi connectivity index (χ1) is 24.2. The summed E-state index contributed by atoms with van der Waals surface area (Å²) in [6, 6.07) is 0.159. The van der Waals surface area contributed by atoms with E-state index in [1.165, 1.54) is 231 Å². The van der Waals surface area contributed by atoms with Gasteiger partial charge in [-0.1, -0.05) is 245 Å². The third-order valence-electron chi connectivity index (χ3n) is 11.1. The number of nitrogens with zero attached hydrogens (tertiary/aromatic N) is 1. The predicted octanol–water partition coefficient (Wildman–Crippen LogP) is 11.7. The van der Waals surface area contributed by atoms with E-state index in [0.29, 0.717) is 0 Å². The standard InChI is InChI=1S/C46H93NO2.Na/c1-4-7-9-11-13-15-17-19-21-23-25-27-29-31-33-35-37-39-42-47(45(41-6-3)44-46(48)49)43-40-38-36-34-32-30-28-26-24-22-20-18-16-14-12-10-8-5-2;/h45H,4-44H2,1-3H3,(H,48,49);/q;+1/p-1. The molecule has 1 atom stereocenters. The van der Waals surface area contributed by atoms with Crippen molar-refractivity contribution in [3.05, 3.63) is 0 Å². The molecule has 0 spiro atoms. The van der Waals surface area contributed by atoms with Crippen molar-refractivity contribution >= 4 is 5.97 Å². The average Bonchev–Trinajstić information content (AvgIpc) is 3.09. The van der Waals surface area contributed by atoms with Crippen LogP contribution in [-0.2, 0) is 4.79 Å². The second-order valence-electron chi connectivity index (χ2n) is 16.1. The van der Waals surface area contributed by atoms with Crippen LogP contribution in [-0.4, -0.2) is 30.0 Å². The molecule has 1 unspecified atom stereocenters. The smallest absolute Gasteiger partial charge is 0.550 e. The van der Waals surface area contributed by atoms with Gasteiger partial charge >= 0.3 is 29.6 Å². The van der Waals surface area contributed by atoms with Gasteiger partial charge in [-0.25, -0.2) is 0 Å². The Hall–Kier alpha value is 0.430. The van der Waals surface area contributed by atoms with Crippen molar-refractivity contribution in [2.45, 2.75) is 277 Å². The Morgan fingerprint density at radius 2 is 0.600 bits per heavy atom. The Bertz CT molecular complexity index is 589. The van der Waals surface area contributed by atoms with E-state index in [-0.39, 0.29) is 42.0 Å². The van der Waals surface area contributed by atoms with E-state index < -0.39 is 5.97 Å². The summed E-state index contributed by atoms with van der Waals surface area (Å²) in [6.07, 6.45) is 52.7. The Kier molecular flexibility index (Phi) is 47.9. The SMILES string of the molecule is CCCCCCCCCCCCCCCCCCCCN(CCCCCCCCCCCCCCCCCCCC)C(CCC)CC(=O)[O-].[Na+]. The van der Waals surface area contributed by atoms with Gasteiger partial charge in [-0.15, -0.1) is 0 Å². The fraction of sp³-hybridized carbons (Fsp3) is 0.978. The zero-order valence-electron chi connectivity index (χ0n) is 35.3. The number of carboxylic acids is 1. The minimum atomic E-state index is -0.876. The number of carbonyl (C=O) groups is 1. The molecule has 0 heterocycles. The summed E-state index contributed by atoms with van der Waals surface area (Å²) in [6.45, 7) is 8.91. The number of carboxylic acid groups (broad SMARTS) is 1. The van der Waals surface area contributed by atoms with E-state index in [2.05, 4.69) is 25.7 Å². The van der Waals surface area contributed by atoms with Gasteiger partial charge in [0.2, 0.25) is 0 Å². The summed E-state index contributed by atoms with van der Waals surface area (Å²) >= 11 is 0. The topological polar surface area (TPSA) is 43.4 Å². The number of rotatable bonds is 43. The molecule has 0 aromatic heterocycles. The van der Waals surface area contributed by atoms with Crippen molar-refractivity contribution in [1.29, 1.82) is 0 Å². The maximum atomic E-state index is 11.5. The Labute approximate surface area is 338 Å². The van der Waals surface area contributed by atoms with Gasteiger partial charge in [0.25, 0.3) is 0 Å². The van der Waals surface area contributed by atoms with Gasteiger partial charge in [0.1, 0.15) is 0 Å². The number of carbonyl (C=O) groups excluding carboxylic acids is 1. The normalized spacial score (nSPS) is 12.1. The van der Waals surface area contributed by atoms with Crippen LogP contribution in [0.3, 0.4) is 0 Å².